The molecule has 0 amide bonds. The average molecular weight is 625 g/mol. The summed E-state index contributed by atoms with van der Waals surface area (Å²) in [7, 11) is 0. The van der Waals surface area contributed by atoms with E-state index in [1.807, 2.05) is 18.2 Å². The minimum Gasteiger partial charge on any atom is -0.481 e. The molecule has 0 spiro atoms. The summed E-state index contributed by atoms with van der Waals surface area (Å²) in [5.41, 5.74) is 0. The normalized spacial score (nSPS) is 13.1. The summed E-state index contributed by atoms with van der Waals surface area (Å²) in [5, 5.41) is 26.6. The van der Waals surface area contributed by atoms with Crippen LogP contribution in [0.1, 0.15) is 136 Å². The Balaban J connectivity index is 0. The van der Waals surface area contributed by atoms with Gasteiger partial charge in [-0.25, -0.2) is 0 Å². The molecule has 0 aromatic rings. The number of hydrogen-bond donors (Lipinski definition) is 3. The highest BCUT2D eigenvalue weighted by Gasteiger charge is 2.01. The summed E-state index contributed by atoms with van der Waals surface area (Å²) in [6.07, 6.45) is 51.0. The summed E-state index contributed by atoms with van der Waals surface area (Å²) < 4.78 is 0. The Kier molecular flexibility index (Phi) is 37.9. The molecule has 5 heteroatoms. The van der Waals surface area contributed by atoms with Crippen molar-refractivity contribution in [3.8, 4) is 0 Å². The molecule has 5 nitrogen and oxygen atoms in total. The predicted octanol–water partition coefficient (Wildman–Crippen LogP) is 11.4. The van der Waals surface area contributed by atoms with Crippen molar-refractivity contribution < 1.29 is 24.9 Å². The highest BCUT2D eigenvalue weighted by molar-refractivity contribution is 5.66. The number of carbonyl (C=O) groups is 2. The monoisotopic (exact) mass is 624 g/mol. The molecule has 0 aliphatic heterocycles. The standard InChI is InChI=1S/C20H32O3.C20H32O2/c1-2-3-4-5-6-7-8-9-10-11-12-13-14-16-19(21)17-15-18-20(22)23;1-2-3-4-5-6-7-8-9-10-11-12-13-14-15-16-17-18-19-20(21)22/h6-7,9-10,12-14,16,19,21H,2-5,8,11,15,17-18H2,1H3,(H,22,23);6-7,9-10,12-13,15-16H,2-5,8,11,14,17-19H2,1H3,(H,21,22)/b7-6-,10-9-,13-12-,16-14+;7-6-,10-9-,13-12-,16-15-/t19-;/m1./s1. The number of unbranched alkanes of at least 4 members (excludes halogenated alkanes) is 7. The Labute approximate surface area is 275 Å². The van der Waals surface area contributed by atoms with Crippen LogP contribution in [-0.2, 0) is 9.59 Å². The van der Waals surface area contributed by atoms with E-state index < -0.39 is 18.0 Å². The van der Waals surface area contributed by atoms with Gasteiger partial charge in [0.25, 0.3) is 0 Å². The third-order valence-electron chi connectivity index (χ3n) is 6.54. The molecule has 0 aromatic heterocycles. The molecule has 0 saturated carbocycles. The van der Waals surface area contributed by atoms with Crippen LogP contribution in [0.5, 0.6) is 0 Å². The van der Waals surface area contributed by atoms with Crippen molar-refractivity contribution >= 4 is 11.9 Å². The molecule has 45 heavy (non-hydrogen) atoms. The van der Waals surface area contributed by atoms with Gasteiger partial charge in [-0.2, -0.15) is 0 Å². The first-order valence-corrected chi connectivity index (χ1v) is 17.3. The van der Waals surface area contributed by atoms with Gasteiger partial charge in [-0.1, -0.05) is 137 Å². The average Bonchev–Trinajstić information content (AvgIpc) is 3.01. The number of aliphatic hydroxyl groups is 1. The second kappa shape index (κ2) is 38.8. The van der Waals surface area contributed by atoms with Crippen LogP contribution in [0.2, 0.25) is 0 Å². The zero-order valence-electron chi connectivity index (χ0n) is 28.4. The molecule has 0 heterocycles. The van der Waals surface area contributed by atoms with E-state index >= 15 is 0 Å². The second-order valence-electron chi connectivity index (χ2n) is 11.0. The molecule has 254 valence electrons. The van der Waals surface area contributed by atoms with E-state index in [2.05, 4.69) is 86.8 Å². The van der Waals surface area contributed by atoms with Crippen LogP contribution in [0.3, 0.4) is 0 Å². The summed E-state index contributed by atoms with van der Waals surface area (Å²) in [6, 6.07) is 0. The lowest BCUT2D eigenvalue weighted by molar-refractivity contribution is -0.138. The minimum absolute atomic E-state index is 0.110. The molecule has 0 bridgehead atoms. The molecular weight excluding hydrogens is 560 g/mol. The topological polar surface area (TPSA) is 94.8 Å². The lowest BCUT2D eigenvalue weighted by Gasteiger charge is -2.02. The van der Waals surface area contributed by atoms with Gasteiger partial charge in [0, 0.05) is 12.8 Å². The molecule has 0 radical (unpaired) electrons. The highest BCUT2D eigenvalue weighted by Crippen LogP contribution is 2.04. The lowest BCUT2D eigenvalue weighted by atomic mass is 10.1. The number of aliphatic hydroxyl groups excluding tert-OH is 1. The van der Waals surface area contributed by atoms with E-state index in [0.717, 1.165) is 44.9 Å². The first kappa shape index (κ1) is 43.9. The van der Waals surface area contributed by atoms with Gasteiger partial charge in [0.05, 0.1) is 6.10 Å². The first-order chi connectivity index (χ1) is 21.9. The van der Waals surface area contributed by atoms with Crippen LogP contribution >= 0.6 is 0 Å². The van der Waals surface area contributed by atoms with Crippen LogP contribution in [0.4, 0.5) is 0 Å². The van der Waals surface area contributed by atoms with Gasteiger partial charge in [-0.15, -0.1) is 0 Å². The summed E-state index contributed by atoms with van der Waals surface area (Å²) >= 11 is 0. The summed E-state index contributed by atoms with van der Waals surface area (Å²) in [6.45, 7) is 4.45. The molecule has 0 unspecified atom stereocenters. The number of hydrogen-bond acceptors (Lipinski definition) is 3. The molecule has 0 aliphatic carbocycles. The molecule has 0 rings (SSSR count). The maximum atomic E-state index is 10.3. The summed E-state index contributed by atoms with van der Waals surface area (Å²) in [5.74, 6) is -1.53. The smallest absolute Gasteiger partial charge is 0.303 e. The molecule has 1 atom stereocenters. The molecular formula is C40H64O5. The fourth-order valence-corrected chi connectivity index (χ4v) is 3.92. The largest absolute Gasteiger partial charge is 0.481 e. The van der Waals surface area contributed by atoms with Crippen LogP contribution < -0.4 is 0 Å². The van der Waals surface area contributed by atoms with Crippen LogP contribution in [0, 0.1) is 0 Å². The van der Waals surface area contributed by atoms with Crippen molar-refractivity contribution in [2.45, 2.75) is 142 Å². The van der Waals surface area contributed by atoms with E-state index in [1.165, 1.54) is 51.4 Å². The Morgan fingerprint density at radius 1 is 0.489 bits per heavy atom. The van der Waals surface area contributed by atoms with E-state index in [-0.39, 0.29) is 12.8 Å². The first-order valence-electron chi connectivity index (χ1n) is 17.3. The predicted molar refractivity (Wildman–Crippen MR) is 193 cm³/mol. The molecule has 0 aromatic carbocycles. The fourth-order valence-electron chi connectivity index (χ4n) is 3.92. The van der Waals surface area contributed by atoms with Crippen molar-refractivity contribution in [2.24, 2.45) is 0 Å². The maximum Gasteiger partial charge on any atom is 0.303 e. The van der Waals surface area contributed by atoms with Gasteiger partial charge in [0.2, 0.25) is 0 Å². The van der Waals surface area contributed by atoms with Gasteiger partial charge in [-0.3, -0.25) is 9.59 Å². The van der Waals surface area contributed by atoms with E-state index in [4.69, 9.17) is 10.2 Å². The van der Waals surface area contributed by atoms with E-state index in [9.17, 15) is 14.7 Å². The third kappa shape index (κ3) is 45.4. The van der Waals surface area contributed by atoms with Crippen molar-refractivity contribution in [2.75, 3.05) is 0 Å². The van der Waals surface area contributed by atoms with Gasteiger partial charge < -0.3 is 15.3 Å². The second-order valence-corrected chi connectivity index (χ2v) is 11.0. The van der Waals surface area contributed by atoms with Gasteiger partial charge >= 0.3 is 11.9 Å². The minimum atomic E-state index is -0.816. The van der Waals surface area contributed by atoms with Crippen LogP contribution in [0.25, 0.3) is 0 Å². The van der Waals surface area contributed by atoms with Gasteiger partial charge in [0.1, 0.15) is 0 Å². The third-order valence-corrected chi connectivity index (χ3v) is 6.54. The fraction of sp³-hybridized carbons (Fsp3) is 0.550. The van der Waals surface area contributed by atoms with Crippen molar-refractivity contribution in [3.05, 3.63) is 97.2 Å². The molecule has 0 fully saturated rings. The van der Waals surface area contributed by atoms with Gasteiger partial charge in [-0.05, 0) is 83.5 Å². The SMILES string of the molecule is CCCCC/C=C\C/C=C\C/C=C\C/C=C\CCCC(=O)O.CCCCC/C=C\C/C=C\C/C=C\C=C\[C@@H](O)CCCC(=O)O. The van der Waals surface area contributed by atoms with Gasteiger partial charge in [0.15, 0.2) is 0 Å². The Hall–Kier alpha value is -3.18. The van der Waals surface area contributed by atoms with Crippen LogP contribution in [-0.4, -0.2) is 33.4 Å². The molecule has 0 saturated heterocycles. The van der Waals surface area contributed by atoms with E-state index in [1.54, 1.807) is 6.08 Å². The Morgan fingerprint density at radius 3 is 1.29 bits per heavy atom. The van der Waals surface area contributed by atoms with Crippen molar-refractivity contribution in [1.29, 1.82) is 0 Å². The molecule has 3 N–H and O–H groups in total. The maximum absolute atomic E-state index is 10.3. The Bertz CT molecular complexity index is 902. The number of aliphatic carboxylic acids is 2. The number of allylic oxidation sites excluding steroid dienone is 15. The van der Waals surface area contributed by atoms with Crippen molar-refractivity contribution in [1.82, 2.24) is 0 Å². The zero-order valence-corrected chi connectivity index (χ0v) is 28.4. The quantitative estimate of drug-likeness (QED) is 0.0457. The number of rotatable bonds is 28. The van der Waals surface area contributed by atoms with E-state index in [0.29, 0.717) is 12.8 Å². The number of carboxylic acids is 2. The zero-order chi connectivity index (χ0) is 33.5. The Morgan fingerprint density at radius 2 is 0.867 bits per heavy atom. The van der Waals surface area contributed by atoms with Crippen LogP contribution in [0.15, 0.2) is 97.2 Å². The summed E-state index contributed by atoms with van der Waals surface area (Å²) in [4.78, 5) is 20.7. The molecule has 0 aliphatic rings. The number of carboxylic acid groups (broad SMARTS) is 2. The van der Waals surface area contributed by atoms with Crippen molar-refractivity contribution in [3.63, 3.8) is 0 Å². The lowest BCUT2D eigenvalue weighted by Crippen LogP contribution is -2.03. The highest BCUT2D eigenvalue weighted by atomic mass is 16.4.